The molecule has 324 valence electrons. The van der Waals surface area contributed by atoms with Gasteiger partial charge in [0, 0.05) is 24.4 Å². The Labute approximate surface area is 355 Å². The monoisotopic (exact) mass is 855 g/mol. The maximum atomic E-state index is 16.3. The normalized spacial score (nSPS) is 19.1. The number of methoxy groups -OCH3 is 2. The third-order valence-corrected chi connectivity index (χ3v) is 14.2. The van der Waals surface area contributed by atoms with Gasteiger partial charge in [-0.2, -0.15) is 10.2 Å². The largest absolute Gasteiger partial charge is 0.497 e. The number of carbonyl (C=O) groups is 1. The summed E-state index contributed by atoms with van der Waals surface area (Å²) in [7, 11) is -1.27. The molecule has 1 aliphatic heterocycles. The van der Waals surface area contributed by atoms with Crippen LogP contribution in [-0.4, -0.2) is 86.9 Å². The van der Waals surface area contributed by atoms with Crippen LogP contribution in [0.4, 0.5) is 5.95 Å². The van der Waals surface area contributed by atoms with Crippen LogP contribution >= 0.6 is 7.52 Å². The van der Waals surface area contributed by atoms with E-state index in [4.69, 9.17) is 23.5 Å². The molecular formula is C44H54N7O9P. The van der Waals surface area contributed by atoms with E-state index in [0.29, 0.717) is 11.5 Å². The molecule has 4 atom stereocenters. The van der Waals surface area contributed by atoms with E-state index in [1.54, 1.807) is 32.7 Å². The lowest BCUT2D eigenvalue weighted by molar-refractivity contribution is -0.118. The molecule has 6 rings (SSSR count). The van der Waals surface area contributed by atoms with Gasteiger partial charge in [0.15, 0.2) is 11.2 Å². The molecule has 3 aromatic carbocycles. The van der Waals surface area contributed by atoms with Gasteiger partial charge in [-0.15, -0.1) is 0 Å². The molecule has 1 unspecified atom stereocenters. The number of carbonyl (C=O) groups excluding carboxylic acids is 1. The highest BCUT2D eigenvalue weighted by Gasteiger charge is 2.64. The van der Waals surface area contributed by atoms with Gasteiger partial charge in [0.25, 0.3) is 5.56 Å². The fourth-order valence-electron chi connectivity index (χ4n) is 7.93. The third-order valence-electron chi connectivity index (χ3n) is 10.7. The molecule has 0 spiro atoms. The molecular weight excluding hydrogens is 801 g/mol. The van der Waals surface area contributed by atoms with Gasteiger partial charge in [-0.05, 0) is 68.7 Å². The second-order valence-electron chi connectivity index (χ2n) is 15.7. The number of aromatic amines is 1. The first-order chi connectivity index (χ1) is 29.1. The first-order valence-electron chi connectivity index (χ1n) is 20.2. The second-order valence-corrected chi connectivity index (χ2v) is 18.1. The highest BCUT2D eigenvalue weighted by atomic mass is 31.2. The molecule has 0 radical (unpaired) electrons. The number of rotatable bonds is 18. The summed E-state index contributed by atoms with van der Waals surface area (Å²) in [6.07, 6.45) is -1.67. The van der Waals surface area contributed by atoms with Crippen molar-refractivity contribution in [2.24, 2.45) is 5.92 Å². The Morgan fingerprint density at radius 2 is 1.57 bits per heavy atom. The van der Waals surface area contributed by atoms with E-state index >= 15 is 4.57 Å². The predicted octanol–water partition coefficient (Wildman–Crippen LogP) is 6.74. The van der Waals surface area contributed by atoms with Crippen LogP contribution < -0.4 is 20.3 Å². The average Bonchev–Trinajstić information content (AvgIpc) is 3.83. The van der Waals surface area contributed by atoms with Gasteiger partial charge < -0.3 is 28.6 Å². The van der Waals surface area contributed by atoms with Gasteiger partial charge in [0.1, 0.15) is 29.5 Å². The number of benzene rings is 3. The molecule has 0 bridgehead atoms. The smallest absolute Gasteiger partial charge is 0.325 e. The molecule has 3 heterocycles. The number of hydrogen-bond acceptors (Lipinski definition) is 12. The second kappa shape index (κ2) is 18.7. The standard InChI is InChI=1S/C44H54N7O9P/c1-28(2)40(53)48-42-47-39-38(41(54)49-42)46-27-50(39)43(61(55,59-24-12-23-45)51(29(3)4)30(5)6)25-36(52)37(60-43)26-58-44(31-13-10-9-11-14-31,32-15-19-34(56-7)20-16-32)33-17-21-35(57-8)22-18-33/h9-11,13-22,27-30,36-37,52H,12,24-26H2,1-8H3,(H2,47,48,49,53,54)/t36-,37+,43-,61?/m0/s1. The van der Waals surface area contributed by atoms with E-state index in [2.05, 4.69) is 26.3 Å². The Kier molecular flexibility index (Phi) is 13.8. The van der Waals surface area contributed by atoms with Crippen molar-refractivity contribution in [1.82, 2.24) is 24.2 Å². The van der Waals surface area contributed by atoms with E-state index in [1.165, 1.54) is 10.9 Å². The Morgan fingerprint density at radius 3 is 2.10 bits per heavy atom. The lowest BCUT2D eigenvalue weighted by atomic mass is 9.80. The molecule has 1 aliphatic rings. The van der Waals surface area contributed by atoms with E-state index in [9.17, 15) is 20.0 Å². The summed E-state index contributed by atoms with van der Waals surface area (Å²) in [5.41, 5.74) is -2.06. The minimum Gasteiger partial charge on any atom is -0.497 e. The van der Waals surface area contributed by atoms with Crippen LogP contribution in [-0.2, 0) is 34.4 Å². The lowest BCUT2D eigenvalue weighted by Gasteiger charge is -2.46. The zero-order valence-electron chi connectivity index (χ0n) is 35.7. The number of hydrogen-bond donors (Lipinski definition) is 3. The molecule has 61 heavy (non-hydrogen) atoms. The van der Waals surface area contributed by atoms with Crippen LogP contribution in [0.2, 0.25) is 0 Å². The fourth-order valence-corrected chi connectivity index (χ4v) is 11.3. The summed E-state index contributed by atoms with van der Waals surface area (Å²) in [6.45, 7) is 10.3. The molecule has 16 nitrogen and oxygen atoms in total. The zero-order valence-corrected chi connectivity index (χ0v) is 36.6. The number of fused-ring (bicyclic) bond motifs is 1. The number of aliphatic hydroxyl groups is 1. The van der Waals surface area contributed by atoms with Crippen molar-refractivity contribution in [2.75, 3.05) is 32.8 Å². The molecule has 2 aromatic heterocycles. The SMILES string of the molecule is COc1ccc(C(OC[C@H]2O[C@](n3cnc4c(=O)[nH]c(NC(=O)C(C)C)nc43)(P(=O)(OCCC#N)N(C(C)C)C(C)C)C[C@@H]2O)(c2ccccc2)c2ccc(OC)cc2)cc1. The van der Waals surface area contributed by atoms with Crippen molar-refractivity contribution in [3.05, 3.63) is 112 Å². The van der Waals surface area contributed by atoms with Crippen molar-refractivity contribution >= 4 is 30.5 Å². The Balaban J connectivity index is 1.55. The van der Waals surface area contributed by atoms with Gasteiger partial charge in [-0.3, -0.25) is 29.0 Å². The maximum Gasteiger partial charge on any atom is 0.325 e. The number of anilines is 1. The van der Waals surface area contributed by atoms with Gasteiger partial charge >= 0.3 is 7.52 Å². The van der Waals surface area contributed by atoms with Gasteiger partial charge in [0.05, 0.1) is 46.0 Å². The van der Waals surface area contributed by atoms with Crippen molar-refractivity contribution in [3.8, 4) is 17.6 Å². The summed E-state index contributed by atoms with van der Waals surface area (Å²) in [6, 6.07) is 25.8. The van der Waals surface area contributed by atoms with Crippen molar-refractivity contribution in [3.63, 3.8) is 0 Å². The van der Waals surface area contributed by atoms with Crippen LogP contribution in [0, 0.1) is 17.2 Å². The summed E-state index contributed by atoms with van der Waals surface area (Å²) < 4.78 is 50.9. The first-order valence-corrected chi connectivity index (χ1v) is 21.8. The summed E-state index contributed by atoms with van der Waals surface area (Å²) in [5.74, 6) is 0.268. The van der Waals surface area contributed by atoms with Crippen molar-refractivity contribution in [1.29, 1.82) is 5.26 Å². The minimum absolute atomic E-state index is 0.0803. The van der Waals surface area contributed by atoms with Crippen molar-refractivity contribution < 1.29 is 37.9 Å². The van der Waals surface area contributed by atoms with Crippen LogP contribution in [0.3, 0.4) is 0 Å². The Morgan fingerprint density at radius 1 is 1.00 bits per heavy atom. The molecule has 0 saturated carbocycles. The van der Waals surface area contributed by atoms with Gasteiger partial charge in [-0.1, -0.05) is 68.4 Å². The summed E-state index contributed by atoms with van der Waals surface area (Å²) >= 11 is 0. The highest BCUT2D eigenvalue weighted by molar-refractivity contribution is 7.57. The number of imidazole rings is 1. The lowest BCUT2D eigenvalue weighted by Crippen LogP contribution is -2.46. The number of nitrogens with one attached hydrogen (secondary N) is 2. The number of aliphatic hydroxyl groups excluding tert-OH is 1. The topological polar surface area (TPSA) is 203 Å². The van der Waals surface area contributed by atoms with Crippen LogP contribution in [0.15, 0.2) is 90.0 Å². The zero-order chi connectivity index (χ0) is 44.1. The van der Waals surface area contributed by atoms with E-state index in [-0.39, 0.29) is 43.2 Å². The van der Waals surface area contributed by atoms with Crippen LogP contribution in [0.25, 0.3) is 11.2 Å². The minimum atomic E-state index is -4.45. The Bertz CT molecular complexity index is 2380. The molecule has 1 amide bonds. The summed E-state index contributed by atoms with van der Waals surface area (Å²) in [4.78, 5) is 37.9. The molecule has 1 fully saturated rings. The number of H-pyrrole nitrogens is 1. The van der Waals surface area contributed by atoms with Crippen molar-refractivity contribution in [2.45, 2.75) is 89.7 Å². The molecule has 3 N–H and O–H groups in total. The average molecular weight is 856 g/mol. The number of ether oxygens (including phenoxy) is 4. The number of amides is 1. The Hall–Kier alpha value is -5.40. The number of aromatic nitrogens is 4. The van der Waals surface area contributed by atoms with Crippen LogP contribution in [0.5, 0.6) is 11.5 Å². The van der Waals surface area contributed by atoms with E-state index in [1.807, 2.05) is 107 Å². The molecule has 5 aromatic rings. The van der Waals surface area contributed by atoms with Gasteiger partial charge in [0.2, 0.25) is 17.3 Å². The fraction of sp³-hybridized carbons (Fsp3) is 0.432. The third kappa shape index (κ3) is 8.59. The highest BCUT2D eigenvalue weighted by Crippen LogP contribution is 2.70. The maximum absolute atomic E-state index is 16.3. The number of nitriles is 1. The molecule has 17 heteroatoms. The molecule has 1 saturated heterocycles. The quantitative estimate of drug-likeness (QED) is 0.0475. The van der Waals surface area contributed by atoms with Gasteiger partial charge in [-0.25, -0.2) is 9.65 Å². The molecule has 0 aliphatic carbocycles. The predicted molar refractivity (Wildman–Crippen MR) is 229 cm³/mol. The number of nitrogens with zero attached hydrogens (tertiary/aromatic N) is 5. The van der Waals surface area contributed by atoms with E-state index < -0.39 is 60.3 Å². The summed E-state index contributed by atoms with van der Waals surface area (Å²) in [5, 5.41) is 24.5. The van der Waals surface area contributed by atoms with E-state index in [0.717, 1.165) is 16.7 Å². The van der Waals surface area contributed by atoms with Crippen LogP contribution in [0.1, 0.15) is 71.1 Å². The first kappa shape index (κ1) is 45.1.